The SMILES string of the molecule is O=C(CN1CCCC2(C1)OCCO2)NCC1CC1. The summed E-state index contributed by atoms with van der Waals surface area (Å²) >= 11 is 0. The minimum Gasteiger partial charge on any atom is -0.355 e. The summed E-state index contributed by atoms with van der Waals surface area (Å²) in [6, 6.07) is 0. The van der Waals surface area contributed by atoms with Gasteiger partial charge >= 0.3 is 0 Å². The van der Waals surface area contributed by atoms with Gasteiger partial charge in [0.15, 0.2) is 5.79 Å². The summed E-state index contributed by atoms with van der Waals surface area (Å²) in [6.07, 6.45) is 4.53. The number of hydrogen-bond acceptors (Lipinski definition) is 4. The Kier molecular flexibility index (Phi) is 3.54. The predicted molar refractivity (Wildman–Crippen MR) is 66.0 cm³/mol. The van der Waals surface area contributed by atoms with Gasteiger partial charge in [0.2, 0.25) is 5.91 Å². The van der Waals surface area contributed by atoms with Gasteiger partial charge in [0, 0.05) is 13.0 Å². The van der Waals surface area contributed by atoms with Crippen molar-refractivity contribution >= 4 is 5.91 Å². The first-order valence-corrected chi connectivity index (χ1v) is 7.03. The molecule has 5 heteroatoms. The molecule has 2 aliphatic heterocycles. The molecule has 102 valence electrons. The predicted octanol–water partition coefficient (Wildman–Crippen LogP) is 0.352. The van der Waals surface area contributed by atoms with Gasteiger partial charge in [-0.05, 0) is 31.7 Å². The minimum absolute atomic E-state index is 0.136. The van der Waals surface area contributed by atoms with Crippen LogP contribution in [0, 0.1) is 5.92 Å². The monoisotopic (exact) mass is 254 g/mol. The summed E-state index contributed by atoms with van der Waals surface area (Å²) in [6.45, 7) is 4.38. The van der Waals surface area contributed by atoms with Crippen molar-refractivity contribution in [3.8, 4) is 0 Å². The van der Waals surface area contributed by atoms with Gasteiger partial charge in [-0.25, -0.2) is 0 Å². The molecule has 1 N–H and O–H groups in total. The quantitative estimate of drug-likeness (QED) is 0.786. The Morgan fingerprint density at radius 2 is 2.11 bits per heavy atom. The zero-order valence-electron chi connectivity index (χ0n) is 10.8. The third-order valence-electron chi connectivity index (χ3n) is 3.96. The molecule has 0 unspecified atom stereocenters. The molecule has 0 atom stereocenters. The second-order valence-corrected chi connectivity index (χ2v) is 5.67. The molecule has 5 nitrogen and oxygen atoms in total. The summed E-state index contributed by atoms with van der Waals surface area (Å²) in [5.74, 6) is 0.453. The molecule has 0 bridgehead atoms. The molecule has 0 aromatic rings. The maximum Gasteiger partial charge on any atom is 0.234 e. The van der Waals surface area contributed by atoms with Gasteiger partial charge in [-0.2, -0.15) is 0 Å². The van der Waals surface area contributed by atoms with Crippen LogP contribution in [-0.2, 0) is 14.3 Å². The summed E-state index contributed by atoms with van der Waals surface area (Å²) in [4.78, 5) is 14.0. The fourth-order valence-corrected chi connectivity index (χ4v) is 2.78. The average molecular weight is 254 g/mol. The maximum absolute atomic E-state index is 11.8. The van der Waals surface area contributed by atoms with Gasteiger partial charge in [-0.3, -0.25) is 9.69 Å². The van der Waals surface area contributed by atoms with E-state index in [0.717, 1.165) is 38.4 Å². The number of likely N-dealkylation sites (tertiary alicyclic amines) is 1. The number of carbonyl (C=O) groups excluding carboxylic acids is 1. The van der Waals surface area contributed by atoms with Crippen molar-refractivity contribution in [3.05, 3.63) is 0 Å². The molecule has 3 aliphatic rings. The van der Waals surface area contributed by atoms with Gasteiger partial charge < -0.3 is 14.8 Å². The number of nitrogens with zero attached hydrogens (tertiary/aromatic N) is 1. The van der Waals surface area contributed by atoms with Gasteiger partial charge in [0.1, 0.15) is 0 Å². The Bertz CT molecular complexity index is 311. The molecule has 3 rings (SSSR count). The third-order valence-corrected chi connectivity index (χ3v) is 3.96. The number of hydrogen-bond donors (Lipinski definition) is 1. The average Bonchev–Trinajstić information content (AvgIpc) is 3.09. The van der Waals surface area contributed by atoms with Crippen molar-refractivity contribution in [3.63, 3.8) is 0 Å². The number of ether oxygens (including phenoxy) is 2. The van der Waals surface area contributed by atoms with Gasteiger partial charge in [-0.15, -0.1) is 0 Å². The van der Waals surface area contributed by atoms with Crippen LogP contribution in [0.5, 0.6) is 0 Å². The fourth-order valence-electron chi connectivity index (χ4n) is 2.78. The molecule has 1 amide bonds. The van der Waals surface area contributed by atoms with Gasteiger partial charge in [0.05, 0.1) is 26.3 Å². The summed E-state index contributed by atoms with van der Waals surface area (Å²) in [5.41, 5.74) is 0. The van der Waals surface area contributed by atoms with Crippen LogP contribution in [-0.4, -0.2) is 56.0 Å². The highest BCUT2D eigenvalue weighted by Crippen LogP contribution is 2.30. The first-order valence-electron chi connectivity index (χ1n) is 7.03. The van der Waals surface area contributed by atoms with E-state index < -0.39 is 5.79 Å². The molecule has 3 fully saturated rings. The van der Waals surface area contributed by atoms with E-state index in [1.165, 1.54) is 12.8 Å². The largest absolute Gasteiger partial charge is 0.355 e. The number of nitrogens with one attached hydrogen (secondary N) is 1. The van der Waals surface area contributed by atoms with E-state index in [1.807, 2.05) is 0 Å². The van der Waals surface area contributed by atoms with Crippen LogP contribution in [0.1, 0.15) is 25.7 Å². The molecular formula is C13H22N2O3. The lowest BCUT2D eigenvalue weighted by molar-refractivity contribution is -0.189. The van der Waals surface area contributed by atoms with Crippen molar-refractivity contribution in [2.24, 2.45) is 5.92 Å². The highest BCUT2D eigenvalue weighted by molar-refractivity contribution is 5.78. The second kappa shape index (κ2) is 5.15. The van der Waals surface area contributed by atoms with Crippen LogP contribution in [0.15, 0.2) is 0 Å². The van der Waals surface area contributed by atoms with E-state index in [4.69, 9.17) is 9.47 Å². The van der Waals surface area contributed by atoms with E-state index in [0.29, 0.717) is 19.8 Å². The first-order chi connectivity index (χ1) is 8.76. The standard InChI is InChI=1S/C13H22N2O3/c16-12(14-8-11-2-3-11)9-15-5-1-4-13(10-15)17-6-7-18-13/h11H,1-10H2,(H,14,16). The molecule has 1 spiro atoms. The van der Waals surface area contributed by atoms with Crippen LogP contribution in [0.4, 0.5) is 0 Å². The van der Waals surface area contributed by atoms with E-state index >= 15 is 0 Å². The Balaban J connectivity index is 1.44. The lowest BCUT2D eigenvalue weighted by Crippen LogP contribution is -2.51. The van der Waals surface area contributed by atoms with E-state index in [2.05, 4.69) is 10.2 Å². The summed E-state index contributed by atoms with van der Waals surface area (Å²) < 4.78 is 11.4. The molecule has 0 radical (unpaired) electrons. The highest BCUT2D eigenvalue weighted by atomic mass is 16.7. The Morgan fingerprint density at radius 1 is 1.33 bits per heavy atom. The van der Waals surface area contributed by atoms with Crippen molar-refractivity contribution < 1.29 is 14.3 Å². The smallest absolute Gasteiger partial charge is 0.234 e. The highest BCUT2D eigenvalue weighted by Gasteiger charge is 2.40. The Morgan fingerprint density at radius 3 is 2.83 bits per heavy atom. The maximum atomic E-state index is 11.8. The molecule has 0 aromatic heterocycles. The second-order valence-electron chi connectivity index (χ2n) is 5.67. The van der Waals surface area contributed by atoms with Gasteiger partial charge in [0.25, 0.3) is 0 Å². The fraction of sp³-hybridized carbons (Fsp3) is 0.923. The molecule has 0 aromatic carbocycles. The number of piperidine rings is 1. The van der Waals surface area contributed by atoms with E-state index in [9.17, 15) is 4.79 Å². The number of rotatable bonds is 4. The molecule has 2 saturated heterocycles. The van der Waals surface area contributed by atoms with Crippen LogP contribution in [0.2, 0.25) is 0 Å². The van der Waals surface area contributed by atoms with Crippen LogP contribution in [0.25, 0.3) is 0 Å². The van der Waals surface area contributed by atoms with Crippen LogP contribution in [0.3, 0.4) is 0 Å². The van der Waals surface area contributed by atoms with Gasteiger partial charge in [-0.1, -0.05) is 0 Å². The zero-order valence-corrected chi connectivity index (χ0v) is 10.8. The third kappa shape index (κ3) is 3.02. The number of amides is 1. The van der Waals surface area contributed by atoms with Crippen molar-refractivity contribution in [2.45, 2.75) is 31.5 Å². The summed E-state index contributed by atoms with van der Waals surface area (Å²) in [5, 5.41) is 3.01. The normalized spacial score (nSPS) is 27.6. The van der Waals surface area contributed by atoms with Crippen molar-refractivity contribution in [1.29, 1.82) is 0 Å². The zero-order chi connectivity index (χ0) is 12.4. The molecular weight excluding hydrogens is 232 g/mol. The molecule has 1 aliphatic carbocycles. The minimum atomic E-state index is -0.422. The summed E-state index contributed by atoms with van der Waals surface area (Å²) in [7, 11) is 0. The van der Waals surface area contributed by atoms with E-state index in [-0.39, 0.29) is 5.91 Å². The lowest BCUT2D eigenvalue weighted by atomic mass is 10.0. The van der Waals surface area contributed by atoms with Crippen LogP contribution >= 0.6 is 0 Å². The Hall–Kier alpha value is -0.650. The lowest BCUT2D eigenvalue weighted by Gasteiger charge is -2.38. The Labute approximate surface area is 108 Å². The van der Waals surface area contributed by atoms with Crippen molar-refractivity contribution in [2.75, 3.05) is 39.4 Å². The molecule has 18 heavy (non-hydrogen) atoms. The molecule has 1 saturated carbocycles. The van der Waals surface area contributed by atoms with E-state index in [1.54, 1.807) is 0 Å². The van der Waals surface area contributed by atoms with Crippen LogP contribution < -0.4 is 5.32 Å². The first kappa shape index (κ1) is 12.4. The van der Waals surface area contributed by atoms with Crippen molar-refractivity contribution in [1.82, 2.24) is 10.2 Å². The topological polar surface area (TPSA) is 50.8 Å². The number of carbonyl (C=O) groups is 1. The molecule has 2 heterocycles.